The molecule has 0 spiro atoms. The van der Waals surface area contributed by atoms with Gasteiger partial charge in [0.2, 0.25) is 5.91 Å². The monoisotopic (exact) mass is 396 g/mol. The fraction of sp³-hybridized carbons (Fsp3) is 0.417. The Bertz CT molecular complexity index is 812. The van der Waals surface area contributed by atoms with Crippen molar-refractivity contribution in [2.75, 3.05) is 6.61 Å². The minimum atomic E-state index is -0.569. The van der Waals surface area contributed by atoms with Crippen LogP contribution in [0.15, 0.2) is 54.6 Å². The molecular formula is C24H32N2O3. The van der Waals surface area contributed by atoms with E-state index >= 15 is 0 Å². The van der Waals surface area contributed by atoms with E-state index in [4.69, 9.17) is 4.74 Å². The molecule has 0 saturated heterocycles. The lowest BCUT2D eigenvalue weighted by Gasteiger charge is -2.33. The molecule has 156 valence electrons. The number of carbonyl (C=O) groups is 2. The largest absolute Gasteiger partial charge is 0.484 e. The van der Waals surface area contributed by atoms with E-state index in [1.54, 1.807) is 4.90 Å². The summed E-state index contributed by atoms with van der Waals surface area (Å²) >= 11 is 0. The lowest BCUT2D eigenvalue weighted by molar-refractivity contribution is -0.143. The maximum atomic E-state index is 13.1. The van der Waals surface area contributed by atoms with Gasteiger partial charge in [0.1, 0.15) is 11.8 Å². The van der Waals surface area contributed by atoms with Crippen molar-refractivity contribution >= 4 is 11.8 Å². The summed E-state index contributed by atoms with van der Waals surface area (Å²) in [5.41, 5.74) is 1.73. The van der Waals surface area contributed by atoms with Gasteiger partial charge in [-0.3, -0.25) is 9.59 Å². The molecular weight excluding hydrogens is 364 g/mol. The molecule has 0 fully saturated rings. The zero-order chi connectivity index (χ0) is 21.4. The molecule has 1 N–H and O–H groups in total. The standard InChI is InChI=1S/C24H32N2O3/c1-6-21(23(28)25-24(3,4)5)26(16-19-13-11-10-12-18(19)2)22(27)17-29-20-14-8-7-9-15-20/h7-15,21H,6,16-17H2,1-5H3,(H,25,28)/t21-/m1/s1. The highest BCUT2D eigenvalue weighted by molar-refractivity contribution is 5.88. The lowest BCUT2D eigenvalue weighted by atomic mass is 10.0. The number of hydrogen-bond donors (Lipinski definition) is 1. The molecule has 5 heteroatoms. The van der Waals surface area contributed by atoms with Crippen molar-refractivity contribution in [3.05, 3.63) is 65.7 Å². The van der Waals surface area contributed by atoms with Gasteiger partial charge in [0.05, 0.1) is 0 Å². The predicted octanol–water partition coefficient (Wildman–Crippen LogP) is 4.10. The number of carbonyl (C=O) groups excluding carboxylic acids is 2. The molecule has 0 heterocycles. The topological polar surface area (TPSA) is 58.6 Å². The van der Waals surface area contributed by atoms with Crippen LogP contribution >= 0.6 is 0 Å². The van der Waals surface area contributed by atoms with E-state index in [0.29, 0.717) is 18.7 Å². The van der Waals surface area contributed by atoms with Crippen LogP contribution in [0, 0.1) is 6.92 Å². The molecule has 0 unspecified atom stereocenters. The molecule has 2 rings (SSSR count). The number of hydrogen-bond acceptors (Lipinski definition) is 3. The van der Waals surface area contributed by atoms with E-state index in [2.05, 4.69) is 5.32 Å². The zero-order valence-corrected chi connectivity index (χ0v) is 18.1. The fourth-order valence-corrected chi connectivity index (χ4v) is 3.09. The van der Waals surface area contributed by atoms with E-state index in [9.17, 15) is 9.59 Å². The Morgan fingerprint density at radius 3 is 2.24 bits per heavy atom. The SMILES string of the molecule is CC[C@H](C(=O)NC(C)(C)C)N(Cc1ccccc1C)C(=O)COc1ccccc1. The lowest BCUT2D eigenvalue weighted by Crippen LogP contribution is -2.54. The maximum absolute atomic E-state index is 13.1. The molecule has 0 aliphatic rings. The molecule has 1 atom stereocenters. The molecule has 0 aliphatic heterocycles. The summed E-state index contributed by atoms with van der Waals surface area (Å²) in [4.78, 5) is 27.7. The van der Waals surface area contributed by atoms with Gasteiger partial charge in [-0.1, -0.05) is 49.4 Å². The van der Waals surface area contributed by atoms with Gasteiger partial charge in [0.25, 0.3) is 5.91 Å². The van der Waals surface area contributed by atoms with E-state index < -0.39 is 6.04 Å². The Morgan fingerprint density at radius 2 is 1.66 bits per heavy atom. The first-order valence-corrected chi connectivity index (χ1v) is 10.0. The minimum absolute atomic E-state index is 0.116. The van der Waals surface area contributed by atoms with Crippen LogP contribution in [-0.2, 0) is 16.1 Å². The number of rotatable bonds is 8. The number of ether oxygens (including phenoxy) is 1. The second-order valence-corrected chi connectivity index (χ2v) is 8.21. The van der Waals surface area contributed by atoms with Crippen LogP contribution < -0.4 is 10.1 Å². The summed E-state index contributed by atoms with van der Waals surface area (Å²) in [7, 11) is 0. The van der Waals surface area contributed by atoms with E-state index in [1.165, 1.54) is 0 Å². The number of amides is 2. The van der Waals surface area contributed by atoms with Crippen LogP contribution in [0.3, 0.4) is 0 Å². The molecule has 29 heavy (non-hydrogen) atoms. The average Bonchev–Trinajstić information content (AvgIpc) is 2.67. The summed E-state index contributed by atoms with van der Waals surface area (Å²) in [5, 5.41) is 3.01. The molecule has 0 aromatic heterocycles. The number of benzene rings is 2. The van der Waals surface area contributed by atoms with Crippen molar-refractivity contribution < 1.29 is 14.3 Å². The Hall–Kier alpha value is -2.82. The molecule has 0 aliphatic carbocycles. The van der Waals surface area contributed by atoms with Crippen LogP contribution in [-0.4, -0.2) is 34.9 Å². The van der Waals surface area contributed by atoms with Crippen molar-refractivity contribution in [2.45, 2.75) is 59.2 Å². The predicted molar refractivity (Wildman–Crippen MR) is 116 cm³/mol. The molecule has 0 bridgehead atoms. The van der Waals surface area contributed by atoms with Crippen molar-refractivity contribution in [1.29, 1.82) is 0 Å². The summed E-state index contributed by atoms with van der Waals surface area (Å²) in [6.07, 6.45) is 0.519. The van der Waals surface area contributed by atoms with E-state index in [1.807, 2.05) is 89.2 Å². The Balaban J connectivity index is 2.24. The van der Waals surface area contributed by atoms with Gasteiger partial charge in [-0.05, 0) is 57.4 Å². The number of nitrogens with zero attached hydrogens (tertiary/aromatic N) is 1. The van der Waals surface area contributed by atoms with Gasteiger partial charge >= 0.3 is 0 Å². The number of para-hydroxylation sites is 1. The van der Waals surface area contributed by atoms with Gasteiger partial charge in [0, 0.05) is 12.1 Å². The van der Waals surface area contributed by atoms with Crippen molar-refractivity contribution in [2.24, 2.45) is 0 Å². The summed E-state index contributed by atoms with van der Waals surface area (Å²) in [6, 6.07) is 16.6. The third kappa shape index (κ3) is 6.93. The zero-order valence-electron chi connectivity index (χ0n) is 18.1. The highest BCUT2D eigenvalue weighted by Crippen LogP contribution is 2.17. The van der Waals surface area contributed by atoms with E-state index in [0.717, 1.165) is 11.1 Å². The molecule has 2 aromatic rings. The molecule has 0 radical (unpaired) electrons. The van der Waals surface area contributed by atoms with E-state index in [-0.39, 0.29) is 24.0 Å². The van der Waals surface area contributed by atoms with Gasteiger partial charge in [-0.25, -0.2) is 0 Å². The average molecular weight is 397 g/mol. The highest BCUT2D eigenvalue weighted by Gasteiger charge is 2.31. The third-order valence-corrected chi connectivity index (χ3v) is 4.59. The number of nitrogens with one attached hydrogen (secondary N) is 1. The Kier molecular flexibility index (Phi) is 7.82. The first kappa shape index (κ1) is 22.5. The first-order valence-electron chi connectivity index (χ1n) is 10.0. The molecule has 5 nitrogen and oxygen atoms in total. The Labute approximate surface area is 174 Å². The smallest absolute Gasteiger partial charge is 0.261 e. The van der Waals surface area contributed by atoms with Crippen LogP contribution in [0.4, 0.5) is 0 Å². The first-order chi connectivity index (χ1) is 13.7. The molecule has 2 aromatic carbocycles. The van der Waals surface area contributed by atoms with Crippen LogP contribution in [0.1, 0.15) is 45.2 Å². The molecule has 0 saturated carbocycles. The van der Waals surface area contributed by atoms with Crippen LogP contribution in [0.5, 0.6) is 5.75 Å². The minimum Gasteiger partial charge on any atom is -0.484 e. The third-order valence-electron chi connectivity index (χ3n) is 4.59. The van der Waals surface area contributed by atoms with Crippen LogP contribution in [0.25, 0.3) is 0 Å². The fourth-order valence-electron chi connectivity index (χ4n) is 3.09. The highest BCUT2D eigenvalue weighted by atomic mass is 16.5. The van der Waals surface area contributed by atoms with Crippen molar-refractivity contribution in [3.63, 3.8) is 0 Å². The second-order valence-electron chi connectivity index (χ2n) is 8.21. The summed E-state index contributed by atoms with van der Waals surface area (Å²) < 4.78 is 5.67. The van der Waals surface area contributed by atoms with Crippen molar-refractivity contribution in [1.82, 2.24) is 10.2 Å². The maximum Gasteiger partial charge on any atom is 0.261 e. The molecule has 2 amide bonds. The van der Waals surface area contributed by atoms with Gasteiger partial charge in [-0.15, -0.1) is 0 Å². The summed E-state index contributed by atoms with van der Waals surface area (Å²) in [5.74, 6) is 0.263. The van der Waals surface area contributed by atoms with Gasteiger partial charge in [0.15, 0.2) is 6.61 Å². The Morgan fingerprint density at radius 1 is 1.03 bits per heavy atom. The van der Waals surface area contributed by atoms with Crippen molar-refractivity contribution in [3.8, 4) is 5.75 Å². The summed E-state index contributed by atoms with van der Waals surface area (Å²) in [6.45, 7) is 9.98. The second kappa shape index (κ2) is 10.1. The number of aryl methyl sites for hydroxylation is 1. The quantitative estimate of drug-likeness (QED) is 0.731. The van der Waals surface area contributed by atoms with Crippen LogP contribution in [0.2, 0.25) is 0 Å². The van der Waals surface area contributed by atoms with Gasteiger partial charge in [-0.2, -0.15) is 0 Å². The normalized spacial score (nSPS) is 12.2. The van der Waals surface area contributed by atoms with Gasteiger partial charge < -0.3 is 15.0 Å².